The number of hydrogen-bond donors (Lipinski definition) is 1. The molecule has 1 aliphatic heterocycles. The summed E-state index contributed by atoms with van der Waals surface area (Å²) in [6.45, 7) is 8.55. The lowest BCUT2D eigenvalue weighted by molar-refractivity contribution is -0.125. The van der Waals surface area contributed by atoms with Gasteiger partial charge in [-0.25, -0.2) is 8.42 Å². The summed E-state index contributed by atoms with van der Waals surface area (Å²) < 4.78 is 33.6. The zero-order chi connectivity index (χ0) is 21.9. The van der Waals surface area contributed by atoms with Crippen molar-refractivity contribution >= 4 is 28.1 Å². The van der Waals surface area contributed by atoms with Crippen LogP contribution in [-0.2, 0) is 14.8 Å². The van der Waals surface area contributed by atoms with Gasteiger partial charge >= 0.3 is 0 Å². The number of aryl methyl sites for hydroxylation is 3. The quantitative estimate of drug-likeness (QED) is 0.758. The van der Waals surface area contributed by atoms with E-state index in [1.807, 2.05) is 45.0 Å². The van der Waals surface area contributed by atoms with Crippen molar-refractivity contribution in [3.05, 3.63) is 46.3 Å². The minimum Gasteiger partial charge on any atom is -0.356 e. The molecule has 0 bridgehead atoms. The second-order valence-electron chi connectivity index (χ2n) is 7.75. The van der Waals surface area contributed by atoms with Crippen molar-refractivity contribution in [3.8, 4) is 0 Å². The van der Waals surface area contributed by atoms with Crippen LogP contribution < -0.4 is 5.32 Å². The summed E-state index contributed by atoms with van der Waals surface area (Å²) in [6, 6.07) is 6.08. The molecule has 1 aromatic heterocycles. The average Bonchev–Trinajstić information content (AvgIpc) is 3.10. The highest BCUT2D eigenvalue weighted by atomic mass is 32.2. The predicted molar refractivity (Wildman–Crippen MR) is 116 cm³/mol. The summed E-state index contributed by atoms with van der Waals surface area (Å²) in [6.07, 6.45) is 4.81. The first kappa shape index (κ1) is 22.2. The van der Waals surface area contributed by atoms with Crippen LogP contribution in [0.3, 0.4) is 0 Å². The number of amides is 1. The van der Waals surface area contributed by atoms with Crippen molar-refractivity contribution in [2.45, 2.75) is 45.4 Å². The Morgan fingerprint density at radius 1 is 1.30 bits per heavy atom. The minimum atomic E-state index is -3.84. The number of hydrogen-bond acceptors (Lipinski definition) is 5. The third-order valence-electron chi connectivity index (χ3n) is 5.39. The number of carbonyl (C=O) groups is 1. The van der Waals surface area contributed by atoms with Crippen molar-refractivity contribution in [1.82, 2.24) is 14.8 Å². The highest BCUT2D eigenvalue weighted by Crippen LogP contribution is 2.29. The fourth-order valence-electron chi connectivity index (χ4n) is 3.73. The summed E-state index contributed by atoms with van der Waals surface area (Å²) in [5.41, 5.74) is 3.50. The molecule has 1 N–H and O–H groups in total. The van der Waals surface area contributed by atoms with Crippen LogP contribution >= 0.6 is 0 Å². The van der Waals surface area contributed by atoms with Gasteiger partial charge in [0.05, 0.1) is 5.92 Å². The molecule has 0 radical (unpaired) electrons. The van der Waals surface area contributed by atoms with E-state index in [0.717, 1.165) is 16.7 Å². The van der Waals surface area contributed by atoms with Crippen LogP contribution in [0.1, 0.15) is 47.9 Å². The van der Waals surface area contributed by atoms with Crippen LogP contribution in [0.2, 0.25) is 0 Å². The Morgan fingerprint density at radius 2 is 2.07 bits per heavy atom. The van der Waals surface area contributed by atoms with E-state index >= 15 is 0 Å². The number of benzene rings is 1. The molecule has 1 amide bonds. The zero-order valence-electron chi connectivity index (χ0n) is 17.9. The number of nitrogens with zero attached hydrogens (tertiary/aromatic N) is 2. The molecular weight excluding hydrogens is 402 g/mol. The highest BCUT2D eigenvalue weighted by molar-refractivity contribution is 7.89. The smallest absolute Gasteiger partial charge is 0.248 e. The summed E-state index contributed by atoms with van der Waals surface area (Å²) in [4.78, 5) is 12.3. The van der Waals surface area contributed by atoms with E-state index < -0.39 is 10.0 Å². The normalized spacial score (nSPS) is 18.1. The first-order valence-electron chi connectivity index (χ1n) is 10.2. The summed E-state index contributed by atoms with van der Waals surface area (Å²) in [7, 11) is -3.84. The van der Waals surface area contributed by atoms with Crippen LogP contribution in [-0.4, -0.2) is 43.4 Å². The molecule has 1 aromatic carbocycles. The lowest BCUT2D eigenvalue weighted by Gasteiger charge is -2.31. The second-order valence-corrected chi connectivity index (χ2v) is 9.63. The molecule has 1 aliphatic rings. The average molecular weight is 432 g/mol. The van der Waals surface area contributed by atoms with Gasteiger partial charge in [0.2, 0.25) is 15.9 Å². The van der Waals surface area contributed by atoms with E-state index in [1.165, 1.54) is 4.31 Å². The van der Waals surface area contributed by atoms with E-state index in [1.54, 1.807) is 13.0 Å². The van der Waals surface area contributed by atoms with Crippen LogP contribution in [0.5, 0.6) is 0 Å². The lowest BCUT2D eigenvalue weighted by atomic mass is 9.99. The van der Waals surface area contributed by atoms with E-state index in [2.05, 4.69) is 10.5 Å². The Morgan fingerprint density at radius 3 is 2.80 bits per heavy atom. The largest absolute Gasteiger partial charge is 0.356 e. The molecule has 3 rings (SSSR count). The van der Waals surface area contributed by atoms with E-state index in [4.69, 9.17) is 4.52 Å². The molecule has 7 nitrogen and oxygen atoms in total. The van der Waals surface area contributed by atoms with Gasteiger partial charge in [-0.05, 0) is 57.7 Å². The Bertz CT molecular complexity index is 1060. The van der Waals surface area contributed by atoms with Crippen LogP contribution in [0.25, 0.3) is 12.2 Å². The second kappa shape index (κ2) is 9.14. The first-order valence-corrected chi connectivity index (χ1v) is 11.7. The van der Waals surface area contributed by atoms with Crippen molar-refractivity contribution in [2.24, 2.45) is 5.92 Å². The Balaban J connectivity index is 1.90. The topological polar surface area (TPSA) is 92.5 Å². The third-order valence-corrected chi connectivity index (χ3v) is 7.41. The van der Waals surface area contributed by atoms with E-state index in [9.17, 15) is 13.2 Å². The molecule has 8 heteroatoms. The summed E-state index contributed by atoms with van der Waals surface area (Å²) in [5.74, 6) is -0.245. The Hall–Kier alpha value is -2.45. The molecule has 2 heterocycles. The van der Waals surface area contributed by atoms with Gasteiger partial charge in [-0.15, -0.1) is 0 Å². The molecule has 2 aromatic rings. The van der Waals surface area contributed by atoms with Crippen molar-refractivity contribution in [3.63, 3.8) is 0 Å². The molecule has 1 fully saturated rings. The number of sulfonamides is 1. The van der Waals surface area contributed by atoms with Gasteiger partial charge in [0.1, 0.15) is 5.69 Å². The standard InChI is InChI=1S/C22H29N3O4S/c1-5-23-22(26)19-7-6-12-25(14-19)30(27,28)21-17(4)24-29-20(21)11-10-18-13-15(2)8-9-16(18)3/h8-11,13,19H,5-7,12,14H2,1-4H3,(H,23,26)/b11-10+. The highest BCUT2D eigenvalue weighted by Gasteiger charge is 2.36. The molecule has 162 valence electrons. The van der Waals surface area contributed by atoms with Gasteiger partial charge < -0.3 is 9.84 Å². The number of nitrogens with one attached hydrogen (secondary N) is 1. The van der Waals surface area contributed by atoms with Crippen molar-refractivity contribution in [2.75, 3.05) is 19.6 Å². The van der Waals surface area contributed by atoms with Crippen LogP contribution in [0.4, 0.5) is 0 Å². The molecule has 0 saturated carbocycles. The van der Waals surface area contributed by atoms with Gasteiger partial charge in [0.25, 0.3) is 0 Å². The maximum Gasteiger partial charge on any atom is 0.248 e. The molecule has 1 saturated heterocycles. The lowest BCUT2D eigenvalue weighted by Crippen LogP contribution is -2.45. The van der Waals surface area contributed by atoms with Gasteiger partial charge in [0, 0.05) is 19.6 Å². The first-order chi connectivity index (χ1) is 14.2. The van der Waals surface area contributed by atoms with Gasteiger partial charge in [0.15, 0.2) is 10.7 Å². The Kier molecular flexibility index (Phi) is 6.77. The number of piperidine rings is 1. The summed E-state index contributed by atoms with van der Waals surface area (Å²) >= 11 is 0. The maximum absolute atomic E-state index is 13.4. The van der Waals surface area contributed by atoms with Gasteiger partial charge in [-0.1, -0.05) is 35.0 Å². The molecule has 30 heavy (non-hydrogen) atoms. The maximum atomic E-state index is 13.4. The van der Waals surface area contributed by atoms with Crippen molar-refractivity contribution < 1.29 is 17.7 Å². The molecule has 1 unspecified atom stereocenters. The number of aromatic nitrogens is 1. The predicted octanol–water partition coefficient (Wildman–Crippen LogP) is 3.31. The summed E-state index contributed by atoms with van der Waals surface area (Å²) in [5, 5.41) is 6.69. The fraction of sp³-hybridized carbons (Fsp3) is 0.455. The monoisotopic (exact) mass is 431 g/mol. The third kappa shape index (κ3) is 4.65. The van der Waals surface area contributed by atoms with Crippen molar-refractivity contribution in [1.29, 1.82) is 0 Å². The zero-order valence-corrected chi connectivity index (χ0v) is 18.8. The molecular formula is C22H29N3O4S. The molecule has 0 aliphatic carbocycles. The minimum absolute atomic E-state index is 0.0700. The van der Waals surface area contributed by atoms with Crippen LogP contribution in [0.15, 0.2) is 27.6 Å². The molecule has 1 atom stereocenters. The Labute approximate surface area is 178 Å². The van der Waals surface area contributed by atoms with Gasteiger partial charge in [-0.2, -0.15) is 4.31 Å². The van der Waals surface area contributed by atoms with E-state index in [0.29, 0.717) is 31.6 Å². The number of carbonyl (C=O) groups excluding carboxylic acids is 1. The van der Waals surface area contributed by atoms with Crippen LogP contribution in [0, 0.1) is 26.7 Å². The molecule has 0 spiro atoms. The fourth-order valence-corrected chi connectivity index (χ4v) is 5.50. The SMILES string of the molecule is CCNC(=O)C1CCCN(S(=O)(=O)c2c(C)noc2/C=C/c2cc(C)ccc2C)C1. The van der Waals surface area contributed by atoms with Gasteiger partial charge in [-0.3, -0.25) is 4.79 Å². The number of rotatable bonds is 6. The van der Waals surface area contributed by atoms with E-state index in [-0.39, 0.29) is 29.0 Å².